The molecule has 2 atom stereocenters. The van der Waals surface area contributed by atoms with Crippen LogP contribution in [0.2, 0.25) is 0 Å². The predicted molar refractivity (Wildman–Crippen MR) is 97.0 cm³/mol. The summed E-state index contributed by atoms with van der Waals surface area (Å²) < 4.78 is 1.07. The number of carbonyl (C=O) groups is 1. The first-order chi connectivity index (χ1) is 12.1. The first-order valence-corrected chi connectivity index (χ1v) is 9.04. The molecular weight excluding hydrogens is 336 g/mol. The summed E-state index contributed by atoms with van der Waals surface area (Å²) in [5.41, 5.74) is 2.98. The average Bonchev–Trinajstić information content (AvgIpc) is 3.11. The molecule has 1 aliphatic rings. The number of fused-ring (bicyclic) bond motifs is 1. The van der Waals surface area contributed by atoms with Crippen LogP contribution in [0.15, 0.2) is 42.3 Å². The van der Waals surface area contributed by atoms with Gasteiger partial charge in [0.15, 0.2) is 0 Å². The molecule has 0 amide bonds. The van der Waals surface area contributed by atoms with Crippen LogP contribution in [0.3, 0.4) is 0 Å². The van der Waals surface area contributed by atoms with Crippen LogP contribution in [0.1, 0.15) is 24.8 Å². The van der Waals surface area contributed by atoms with Crippen molar-refractivity contribution in [1.29, 1.82) is 0 Å². The van der Waals surface area contributed by atoms with Crippen molar-refractivity contribution in [2.24, 2.45) is 5.41 Å². The van der Waals surface area contributed by atoms with Crippen molar-refractivity contribution < 1.29 is 9.90 Å². The number of aliphatic carboxylic acids is 1. The number of carboxylic acid groups (broad SMARTS) is 1. The van der Waals surface area contributed by atoms with Crippen molar-refractivity contribution in [2.75, 3.05) is 18.0 Å². The molecule has 2 unspecified atom stereocenters. The van der Waals surface area contributed by atoms with Crippen molar-refractivity contribution in [2.45, 2.75) is 19.3 Å². The van der Waals surface area contributed by atoms with Gasteiger partial charge in [-0.15, -0.1) is 11.3 Å². The molecule has 0 bridgehead atoms. The Morgan fingerprint density at radius 1 is 1.36 bits per heavy atom. The number of aromatic nitrogens is 3. The van der Waals surface area contributed by atoms with Gasteiger partial charge in [0.25, 0.3) is 0 Å². The zero-order valence-corrected chi connectivity index (χ0v) is 14.6. The van der Waals surface area contributed by atoms with Crippen molar-refractivity contribution in [1.82, 2.24) is 15.0 Å². The normalized spacial score (nSPS) is 23.7. The average molecular weight is 354 g/mol. The number of anilines is 1. The van der Waals surface area contributed by atoms with Gasteiger partial charge in [-0.05, 0) is 31.0 Å². The summed E-state index contributed by atoms with van der Waals surface area (Å²) in [6.07, 6.45) is 3.80. The first-order valence-electron chi connectivity index (χ1n) is 8.16. The molecule has 1 N–H and O–H groups in total. The highest BCUT2D eigenvalue weighted by atomic mass is 32.1. The molecule has 0 saturated carbocycles. The van der Waals surface area contributed by atoms with Gasteiger partial charge < -0.3 is 10.0 Å². The van der Waals surface area contributed by atoms with Crippen LogP contribution >= 0.6 is 11.3 Å². The Hall–Kier alpha value is -2.54. The number of benzene rings is 1. The summed E-state index contributed by atoms with van der Waals surface area (Å²) in [5, 5.41) is 9.95. The number of rotatable bonds is 3. The van der Waals surface area contributed by atoms with E-state index in [-0.39, 0.29) is 5.92 Å². The van der Waals surface area contributed by atoms with Crippen molar-refractivity contribution in [3.8, 4) is 0 Å². The summed E-state index contributed by atoms with van der Waals surface area (Å²) in [5.74, 6) is -0.0526. The molecule has 6 nitrogen and oxygen atoms in total. The lowest BCUT2D eigenvalue weighted by Crippen LogP contribution is -2.48. The number of hydrogen-bond acceptors (Lipinski definition) is 6. The highest BCUT2D eigenvalue weighted by Gasteiger charge is 2.46. The number of piperidine rings is 1. The second kappa shape index (κ2) is 6.07. The third-order valence-corrected chi connectivity index (χ3v) is 6.11. The zero-order chi connectivity index (χ0) is 17.4. The van der Waals surface area contributed by atoms with Crippen LogP contribution in [0, 0.1) is 5.41 Å². The molecule has 0 aliphatic carbocycles. The molecule has 0 radical (unpaired) electrons. The summed E-state index contributed by atoms with van der Waals surface area (Å²) in [4.78, 5) is 27.0. The van der Waals surface area contributed by atoms with Gasteiger partial charge >= 0.3 is 5.97 Å². The molecule has 1 aromatic carbocycles. The Balaban J connectivity index is 1.79. The smallest absolute Gasteiger partial charge is 0.310 e. The molecule has 3 heterocycles. The number of nitrogens with zero attached hydrogens (tertiary/aromatic N) is 4. The Morgan fingerprint density at radius 2 is 2.24 bits per heavy atom. The van der Waals surface area contributed by atoms with Gasteiger partial charge in [-0.3, -0.25) is 4.79 Å². The number of thiazole rings is 1. The van der Waals surface area contributed by atoms with Crippen LogP contribution in [-0.4, -0.2) is 39.1 Å². The first kappa shape index (κ1) is 16.0. The Bertz CT molecular complexity index is 914. The Kier molecular flexibility index (Phi) is 3.88. The maximum absolute atomic E-state index is 12.1. The lowest BCUT2D eigenvalue weighted by Gasteiger charge is -2.44. The number of hydrogen-bond donors (Lipinski definition) is 1. The molecule has 7 heteroatoms. The molecule has 0 spiro atoms. The molecule has 2 aromatic heterocycles. The van der Waals surface area contributed by atoms with Gasteiger partial charge in [0, 0.05) is 25.2 Å². The van der Waals surface area contributed by atoms with Crippen LogP contribution < -0.4 is 4.90 Å². The lowest BCUT2D eigenvalue weighted by molar-refractivity contribution is -0.150. The van der Waals surface area contributed by atoms with Gasteiger partial charge in [0.05, 0.1) is 21.1 Å². The third-order valence-electron chi connectivity index (χ3n) is 5.21. The summed E-state index contributed by atoms with van der Waals surface area (Å²) in [6.45, 7) is 3.13. The maximum Gasteiger partial charge on any atom is 0.310 e. The van der Waals surface area contributed by atoms with Crippen LogP contribution in [0.5, 0.6) is 0 Å². The minimum Gasteiger partial charge on any atom is -0.481 e. The molecule has 128 valence electrons. The summed E-state index contributed by atoms with van der Waals surface area (Å²) in [6, 6.07) is 7.84. The van der Waals surface area contributed by atoms with E-state index in [2.05, 4.69) is 19.9 Å². The van der Waals surface area contributed by atoms with Crippen LogP contribution in [-0.2, 0) is 4.79 Å². The van der Waals surface area contributed by atoms with Gasteiger partial charge in [-0.2, -0.15) is 0 Å². The summed E-state index contributed by atoms with van der Waals surface area (Å²) >= 11 is 1.57. The van der Waals surface area contributed by atoms with Gasteiger partial charge in [0.2, 0.25) is 0 Å². The predicted octanol–water partition coefficient (Wildman–Crippen LogP) is 3.17. The van der Waals surface area contributed by atoms with E-state index in [1.54, 1.807) is 17.5 Å². The SMILES string of the molecule is CC1(C(=O)O)CCN(c2ccncn2)CC1c1cccc2ncsc12. The van der Waals surface area contributed by atoms with Gasteiger partial charge in [0.1, 0.15) is 12.1 Å². The Labute approximate surface area is 149 Å². The fourth-order valence-corrected chi connectivity index (χ4v) is 4.47. The standard InChI is InChI=1S/C18H18N4O2S/c1-18(17(23)24)6-8-22(15-5-7-19-10-20-15)9-13(18)12-3-2-4-14-16(12)25-11-21-14/h2-5,7,10-11,13H,6,8-9H2,1H3,(H,23,24). The molecule has 4 rings (SSSR count). The van der Waals surface area contributed by atoms with E-state index in [0.717, 1.165) is 21.6 Å². The van der Waals surface area contributed by atoms with E-state index >= 15 is 0 Å². The van der Waals surface area contributed by atoms with E-state index in [1.807, 2.05) is 36.7 Å². The molecule has 1 fully saturated rings. The fraction of sp³-hybridized carbons (Fsp3) is 0.333. The van der Waals surface area contributed by atoms with Crippen molar-refractivity contribution in [3.63, 3.8) is 0 Å². The maximum atomic E-state index is 12.1. The van der Waals surface area contributed by atoms with E-state index in [0.29, 0.717) is 19.5 Å². The highest BCUT2D eigenvalue weighted by molar-refractivity contribution is 7.17. The van der Waals surface area contributed by atoms with E-state index < -0.39 is 11.4 Å². The van der Waals surface area contributed by atoms with E-state index in [1.165, 1.54) is 6.33 Å². The van der Waals surface area contributed by atoms with Crippen molar-refractivity contribution >= 4 is 33.3 Å². The minimum absolute atomic E-state index is 0.141. The summed E-state index contributed by atoms with van der Waals surface area (Å²) in [7, 11) is 0. The highest BCUT2D eigenvalue weighted by Crippen LogP contribution is 2.46. The lowest BCUT2D eigenvalue weighted by atomic mass is 9.68. The van der Waals surface area contributed by atoms with Crippen LogP contribution in [0.4, 0.5) is 5.82 Å². The van der Waals surface area contributed by atoms with Crippen LogP contribution in [0.25, 0.3) is 10.2 Å². The largest absolute Gasteiger partial charge is 0.481 e. The molecule has 3 aromatic rings. The quantitative estimate of drug-likeness (QED) is 0.778. The second-order valence-electron chi connectivity index (χ2n) is 6.59. The molecule has 1 aliphatic heterocycles. The number of carboxylic acids is 1. The zero-order valence-electron chi connectivity index (χ0n) is 13.8. The second-order valence-corrected chi connectivity index (χ2v) is 7.44. The molecule has 1 saturated heterocycles. The third kappa shape index (κ3) is 2.64. The molecule has 25 heavy (non-hydrogen) atoms. The molecular formula is C18H18N4O2S. The Morgan fingerprint density at radius 3 is 3.00 bits per heavy atom. The fourth-order valence-electron chi connectivity index (χ4n) is 3.61. The topological polar surface area (TPSA) is 79.2 Å². The minimum atomic E-state index is -0.818. The monoisotopic (exact) mass is 354 g/mol. The van der Waals surface area contributed by atoms with Crippen molar-refractivity contribution in [3.05, 3.63) is 47.9 Å². The van der Waals surface area contributed by atoms with Gasteiger partial charge in [-0.25, -0.2) is 15.0 Å². The van der Waals surface area contributed by atoms with E-state index in [9.17, 15) is 9.90 Å². The van der Waals surface area contributed by atoms with Gasteiger partial charge in [-0.1, -0.05) is 12.1 Å². The van der Waals surface area contributed by atoms with E-state index in [4.69, 9.17) is 0 Å².